The van der Waals surface area contributed by atoms with Gasteiger partial charge in [-0.3, -0.25) is 4.79 Å². The molecule has 10 heteroatoms. The van der Waals surface area contributed by atoms with Crippen molar-refractivity contribution in [2.45, 2.75) is 129 Å². The summed E-state index contributed by atoms with van der Waals surface area (Å²) in [6, 6.07) is 8.50. The van der Waals surface area contributed by atoms with Crippen molar-refractivity contribution >= 4 is 18.0 Å². The third-order valence-corrected chi connectivity index (χ3v) is 7.76. The number of benzene rings is 1. The summed E-state index contributed by atoms with van der Waals surface area (Å²) in [6.45, 7) is 13.9. The highest BCUT2D eigenvalue weighted by molar-refractivity contribution is 5.90. The second-order valence-corrected chi connectivity index (χ2v) is 14.1. The minimum absolute atomic E-state index is 0.0288. The number of rotatable bonds is 15. The van der Waals surface area contributed by atoms with E-state index in [4.69, 9.17) is 23.7 Å². The monoisotopic (exact) mass is 632 g/mol. The molecule has 3 atom stereocenters. The number of carbonyl (C=O) groups is 3. The van der Waals surface area contributed by atoms with Gasteiger partial charge in [-0.1, -0.05) is 49.6 Å². The summed E-state index contributed by atoms with van der Waals surface area (Å²) < 4.78 is 28.8. The maximum Gasteiger partial charge on any atom is 0.408 e. The molecule has 2 aliphatic rings. The topological polar surface area (TPSA) is 113 Å². The lowest BCUT2D eigenvalue weighted by Crippen LogP contribution is -2.56. The van der Waals surface area contributed by atoms with E-state index in [1.54, 1.807) is 25.7 Å². The minimum Gasteiger partial charge on any atom is -0.458 e. The summed E-state index contributed by atoms with van der Waals surface area (Å²) in [6.07, 6.45) is 5.64. The Kier molecular flexibility index (Phi) is 14.6. The molecule has 1 saturated heterocycles. The molecule has 0 unspecified atom stereocenters. The lowest BCUT2D eigenvalue weighted by molar-refractivity contribution is -0.163. The number of alkyl carbamates (subject to hydrolysis) is 1. The molecule has 3 rings (SSSR count). The van der Waals surface area contributed by atoms with Crippen molar-refractivity contribution in [3.63, 3.8) is 0 Å². The van der Waals surface area contributed by atoms with Gasteiger partial charge in [0, 0.05) is 39.4 Å². The molecule has 1 aromatic rings. The maximum absolute atomic E-state index is 14.1. The molecule has 1 aliphatic heterocycles. The van der Waals surface area contributed by atoms with E-state index in [2.05, 4.69) is 5.32 Å². The molecule has 0 spiro atoms. The summed E-state index contributed by atoms with van der Waals surface area (Å²) in [5.74, 6) is -0.772. The van der Waals surface area contributed by atoms with Crippen LogP contribution < -0.4 is 5.32 Å². The molecule has 1 aromatic carbocycles. The maximum atomic E-state index is 14.1. The molecule has 10 nitrogen and oxygen atoms in total. The predicted molar refractivity (Wildman–Crippen MR) is 172 cm³/mol. The molecule has 1 saturated carbocycles. The van der Waals surface area contributed by atoms with Gasteiger partial charge in [0.05, 0.1) is 12.7 Å². The highest BCUT2D eigenvalue weighted by atomic mass is 16.6. The van der Waals surface area contributed by atoms with Gasteiger partial charge in [-0.2, -0.15) is 0 Å². The summed E-state index contributed by atoms with van der Waals surface area (Å²) >= 11 is 0. The first kappa shape index (κ1) is 36.8. The van der Waals surface area contributed by atoms with Gasteiger partial charge in [-0.25, -0.2) is 9.59 Å². The zero-order valence-corrected chi connectivity index (χ0v) is 28.3. The second-order valence-electron chi connectivity index (χ2n) is 14.1. The Balaban J connectivity index is 1.52. The Morgan fingerprint density at radius 2 is 1.47 bits per heavy atom. The number of amides is 2. The van der Waals surface area contributed by atoms with Gasteiger partial charge in [0.1, 0.15) is 23.3 Å². The Hall–Kier alpha value is -2.69. The lowest BCUT2D eigenvalue weighted by atomic mass is 9.83. The van der Waals surface area contributed by atoms with Crippen LogP contribution in [0.25, 0.3) is 0 Å². The van der Waals surface area contributed by atoms with Crippen molar-refractivity contribution in [3.05, 3.63) is 35.9 Å². The van der Waals surface area contributed by atoms with E-state index < -0.39 is 35.3 Å². The fraction of sp³-hybridized carbons (Fsp3) is 0.743. The van der Waals surface area contributed by atoms with Gasteiger partial charge in [0.25, 0.3) is 0 Å². The number of hydrogen-bond donors (Lipinski definition) is 1. The molecule has 0 aromatic heterocycles. The quantitative estimate of drug-likeness (QED) is 0.191. The Morgan fingerprint density at radius 3 is 2.11 bits per heavy atom. The largest absolute Gasteiger partial charge is 0.458 e. The predicted octanol–water partition coefficient (Wildman–Crippen LogP) is 5.80. The number of esters is 1. The third-order valence-electron chi connectivity index (χ3n) is 7.76. The lowest BCUT2D eigenvalue weighted by Gasteiger charge is -2.35. The Bertz CT molecular complexity index is 1050. The number of ether oxygens (including phenoxy) is 5. The van der Waals surface area contributed by atoms with Crippen LogP contribution in [0.2, 0.25) is 0 Å². The number of likely N-dealkylation sites (tertiary alicyclic amines) is 1. The molecule has 0 bridgehead atoms. The molecular weight excluding hydrogens is 576 g/mol. The van der Waals surface area contributed by atoms with Crippen LogP contribution in [0.5, 0.6) is 0 Å². The van der Waals surface area contributed by atoms with Crippen LogP contribution in [0.3, 0.4) is 0 Å². The third kappa shape index (κ3) is 13.7. The van der Waals surface area contributed by atoms with Crippen LogP contribution in [0.4, 0.5) is 4.79 Å². The van der Waals surface area contributed by atoms with Crippen LogP contribution in [-0.4, -0.2) is 85.2 Å². The molecule has 254 valence electrons. The van der Waals surface area contributed by atoms with Gasteiger partial charge in [-0.05, 0) is 78.7 Å². The minimum atomic E-state index is -0.791. The summed E-state index contributed by atoms with van der Waals surface area (Å²) in [5.41, 5.74) is -0.248. The van der Waals surface area contributed by atoms with E-state index in [0.29, 0.717) is 45.9 Å². The van der Waals surface area contributed by atoms with E-state index in [1.807, 2.05) is 51.1 Å². The molecule has 2 fully saturated rings. The fourth-order valence-electron chi connectivity index (χ4n) is 5.76. The van der Waals surface area contributed by atoms with Crippen molar-refractivity contribution in [3.8, 4) is 0 Å². The first-order valence-electron chi connectivity index (χ1n) is 16.7. The SMILES string of the molecule is CC(C)(C)OC(=O)N[C@H](C(=O)N1C[C@H](OCCCOCCCOCc2ccccc2)C[C@H]1C(=O)OC(C)(C)C)C1CCCCC1. The van der Waals surface area contributed by atoms with Crippen LogP contribution in [-0.2, 0) is 39.9 Å². The fourth-order valence-corrected chi connectivity index (χ4v) is 5.76. The molecule has 1 N–H and O–H groups in total. The summed E-state index contributed by atoms with van der Waals surface area (Å²) in [5, 5.41) is 2.86. The van der Waals surface area contributed by atoms with Gasteiger partial charge in [-0.15, -0.1) is 0 Å². The highest BCUT2D eigenvalue weighted by Gasteiger charge is 2.46. The van der Waals surface area contributed by atoms with E-state index in [0.717, 1.165) is 44.1 Å². The van der Waals surface area contributed by atoms with Gasteiger partial charge in [0.2, 0.25) is 5.91 Å². The molecule has 45 heavy (non-hydrogen) atoms. The van der Waals surface area contributed by atoms with E-state index >= 15 is 0 Å². The van der Waals surface area contributed by atoms with Crippen LogP contribution in [0, 0.1) is 5.92 Å². The number of carbonyl (C=O) groups excluding carboxylic acids is 3. The first-order chi connectivity index (χ1) is 21.3. The van der Waals surface area contributed by atoms with Crippen molar-refractivity contribution in [1.82, 2.24) is 10.2 Å². The summed E-state index contributed by atoms with van der Waals surface area (Å²) in [4.78, 5) is 41.8. The number of nitrogens with one attached hydrogen (secondary N) is 1. The van der Waals surface area contributed by atoms with Crippen LogP contribution in [0.1, 0.15) is 98.5 Å². The average Bonchev–Trinajstić information content (AvgIpc) is 3.40. The van der Waals surface area contributed by atoms with Crippen molar-refractivity contribution in [1.29, 1.82) is 0 Å². The zero-order valence-electron chi connectivity index (χ0n) is 28.3. The Labute approximate surface area is 269 Å². The molecular formula is C35H56N2O8. The highest BCUT2D eigenvalue weighted by Crippen LogP contribution is 2.31. The average molecular weight is 633 g/mol. The normalized spacial score (nSPS) is 20.1. The van der Waals surface area contributed by atoms with Crippen molar-refractivity contribution < 1.29 is 38.1 Å². The van der Waals surface area contributed by atoms with E-state index in [-0.39, 0.29) is 24.5 Å². The van der Waals surface area contributed by atoms with E-state index in [9.17, 15) is 14.4 Å². The van der Waals surface area contributed by atoms with Gasteiger partial charge >= 0.3 is 12.1 Å². The molecule has 1 aliphatic carbocycles. The molecule has 2 amide bonds. The standard InChI is InChI=1S/C35H56N2O8/c1-34(2,3)44-32(39)29-23-28(43-22-14-20-41-19-13-21-42-25-26-15-9-7-10-16-26)24-37(29)31(38)30(27-17-11-8-12-18-27)36-33(40)45-35(4,5)6/h7,9-10,15-16,27-30H,8,11-14,17-25H2,1-6H3,(H,36,40)/t28-,29+,30+/m1/s1. The smallest absolute Gasteiger partial charge is 0.408 e. The number of hydrogen-bond acceptors (Lipinski definition) is 8. The second kappa shape index (κ2) is 17.9. The zero-order chi connectivity index (χ0) is 32.9. The first-order valence-corrected chi connectivity index (χ1v) is 16.7. The van der Waals surface area contributed by atoms with Crippen LogP contribution in [0.15, 0.2) is 30.3 Å². The van der Waals surface area contributed by atoms with Crippen LogP contribution >= 0.6 is 0 Å². The Morgan fingerprint density at radius 1 is 0.844 bits per heavy atom. The van der Waals surface area contributed by atoms with Crippen molar-refractivity contribution in [2.24, 2.45) is 5.92 Å². The molecule has 0 radical (unpaired) electrons. The van der Waals surface area contributed by atoms with Crippen molar-refractivity contribution in [2.75, 3.05) is 33.0 Å². The number of nitrogens with zero attached hydrogens (tertiary/aromatic N) is 1. The van der Waals surface area contributed by atoms with E-state index in [1.165, 1.54) is 0 Å². The van der Waals surface area contributed by atoms with Gasteiger partial charge < -0.3 is 33.9 Å². The molecule has 1 heterocycles. The summed E-state index contributed by atoms with van der Waals surface area (Å²) in [7, 11) is 0. The van der Waals surface area contributed by atoms with Gasteiger partial charge in [0.15, 0.2) is 0 Å².